The van der Waals surface area contributed by atoms with Crippen LogP contribution >= 0.6 is 0 Å². The maximum absolute atomic E-state index is 12.0. The average molecular weight is 246 g/mol. The van der Waals surface area contributed by atoms with Crippen molar-refractivity contribution in [1.29, 1.82) is 0 Å². The molecule has 94 valence electrons. The maximum Gasteiger partial charge on any atom is 0.350 e. The Hall–Kier alpha value is -2.11. The van der Waals surface area contributed by atoms with Crippen LogP contribution in [-0.4, -0.2) is 38.1 Å². The molecule has 0 radical (unpaired) electrons. The van der Waals surface area contributed by atoms with Crippen molar-refractivity contribution >= 4 is 11.6 Å². The number of carbonyl (C=O) groups is 1. The highest BCUT2D eigenvalue weighted by Gasteiger charge is 2.29. The summed E-state index contributed by atoms with van der Waals surface area (Å²) in [6.07, 6.45) is 3.76. The van der Waals surface area contributed by atoms with Crippen molar-refractivity contribution in [2.45, 2.75) is 25.4 Å². The van der Waals surface area contributed by atoms with Crippen LogP contribution in [0, 0.1) is 0 Å². The molecule has 1 aliphatic rings. The minimum atomic E-state index is -0.275. The van der Waals surface area contributed by atoms with E-state index in [2.05, 4.69) is 5.10 Å². The quantitative estimate of drug-likeness (QED) is 0.772. The standard InChI is InChI=1S/C12H14N4O2/c1-14(9-5-6-9)11(17)8-16-12(18)15-7-3-2-4-10(15)13-16/h2-4,7,9H,5-6,8H2,1H3. The molecule has 6 nitrogen and oxygen atoms in total. The fraction of sp³-hybridized carbons (Fsp3) is 0.417. The number of likely N-dealkylation sites (N-methyl/N-ethyl adjacent to an activating group) is 1. The second-order valence-corrected chi connectivity index (χ2v) is 4.60. The van der Waals surface area contributed by atoms with Gasteiger partial charge in [0, 0.05) is 19.3 Å². The van der Waals surface area contributed by atoms with Gasteiger partial charge in [-0.3, -0.25) is 9.20 Å². The summed E-state index contributed by atoms with van der Waals surface area (Å²) in [6, 6.07) is 5.67. The highest BCUT2D eigenvalue weighted by Crippen LogP contribution is 2.25. The van der Waals surface area contributed by atoms with E-state index < -0.39 is 0 Å². The van der Waals surface area contributed by atoms with Gasteiger partial charge < -0.3 is 4.90 Å². The molecule has 0 aliphatic heterocycles. The van der Waals surface area contributed by atoms with E-state index in [4.69, 9.17) is 0 Å². The van der Waals surface area contributed by atoms with Gasteiger partial charge in [0.1, 0.15) is 6.54 Å². The second kappa shape index (κ2) is 3.97. The molecule has 0 unspecified atom stereocenters. The van der Waals surface area contributed by atoms with Gasteiger partial charge >= 0.3 is 5.69 Å². The van der Waals surface area contributed by atoms with E-state index in [9.17, 15) is 9.59 Å². The van der Waals surface area contributed by atoms with Gasteiger partial charge in [-0.25, -0.2) is 9.48 Å². The molecule has 0 spiro atoms. The largest absolute Gasteiger partial charge is 0.350 e. The van der Waals surface area contributed by atoms with Crippen LogP contribution in [0.15, 0.2) is 29.2 Å². The van der Waals surface area contributed by atoms with Crippen LogP contribution in [0.2, 0.25) is 0 Å². The van der Waals surface area contributed by atoms with Gasteiger partial charge in [-0.2, -0.15) is 0 Å². The Balaban J connectivity index is 1.88. The molecule has 0 saturated heterocycles. The minimum absolute atomic E-state index is 0.00745. The molecule has 18 heavy (non-hydrogen) atoms. The Morgan fingerprint density at radius 3 is 2.94 bits per heavy atom. The van der Waals surface area contributed by atoms with E-state index in [1.165, 1.54) is 9.08 Å². The molecular formula is C12H14N4O2. The van der Waals surface area contributed by atoms with Crippen LogP contribution in [0.5, 0.6) is 0 Å². The van der Waals surface area contributed by atoms with Gasteiger partial charge in [-0.15, -0.1) is 5.10 Å². The second-order valence-electron chi connectivity index (χ2n) is 4.60. The van der Waals surface area contributed by atoms with E-state index in [0.717, 1.165) is 12.8 Å². The van der Waals surface area contributed by atoms with Crippen LogP contribution in [0.25, 0.3) is 5.65 Å². The molecule has 2 aromatic heterocycles. The predicted molar refractivity (Wildman–Crippen MR) is 65.2 cm³/mol. The third-order valence-corrected chi connectivity index (χ3v) is 3.26. The third kappa shape index (κ3) is 1.79. The molecule has 0 bridgehead atoms. The fourth-order valence-corrected chi connectivity index (χ4v) is 1.98. The minimum Gasteiger partial charge on any atom is -0.341 e. The van der Waals surface area contributed by atoms with Crippen LogP contribution in [0.3, 0.4) is 0 Å². The summed E-state index contributed by atoms with van der Waals surface area (Å²) in [6.45, 7) is 0.00745. The molecule has 0 atom stereocenters. The molecule has 6 heteroatoms. The molecule has 2 aromatic rings. The van der Waals surface area contributed by atoms with Crippen molar-refractivity contribution in [3.05, 3.63) is 34.9 Å². The lowest BCUT2D eigenvalue weighted by Crippen LogP contribution is -2.35. The molecule has 1 aliphatic carbocycles. The van der Waals surface area contributed by atoms with Gasteiger partial charge in [-0.05, 0) is 25.0 Å². The monoisotopic (exact) mass is 246 g/mol. The van der Waals surface area contributed by atoms with Crippen molar-refractivity contribution in [3.8, 4) is 0 Å². The summed E-state index contributed by atoms with van der Waals surface area (Å²) in [5, 5.41) is 4.13. The van der Waals surface area contributed by atoms with Gasteiger partial charge in [-0.1, -0.05) is 6.07 Å². The van der Waals surface area contributed by atoms with Crippen molar-refractivity contribution in [1.82, 2.24) is 19.1 Å². The smallest absolute Gasteiger partial charge is 0.341 e. The molecule has 1 amide bonds. The number of hydrogen-bond donors (Lipinski definition) is 0. The van der Waals surface area contributed by atoms with Crippen molar-refractivity contribution in [3.63, 3.8) is 0 Å². The lowest BCUT2D eigenvalue weighted by molar-refractivity contribution is -0.131. The Morgan fingerprint density at radius 2 is 2.28 bits per heavy atom. The summed E-state index contributed by atoms with van der Waals surface area (Å²) in [4.78, 5) is 25.6. The number of rotatable bonds is 3. The predicted octanol–water partition coefficient (Wildman–Crippen LogP) is 0.117. The van der Waals surface area contributed by atoms with E-state index in [1.54, 1.807) is 30.3 Å². The maximum atomic E-state index is 12.0. The van der Waals surface area contributed by atoms with Gasteiger partial charge in [0.15, 0.2) is 5.65 Å². The third-order valence-electron chi connectivity index (χ3n) is 3.26. The molecule has 2 heterocycles. The topological polar surface area (TPSA) is 59.6 Å². The highest BCUT2D eigenvalue weighted by atomic mass is 16.2. The number of aromatic nitrogens is 3. The van der Waals surface area contributed by atoms with Crippen molar-refractivity contribution in [2.75, 3.05) is 7.05 Å². The van der Waals surface area contributed by atoms with E-state index in [0.29, 0.717) is 11.7 Å². The lowest BCUT2D eigenvalue weighted by Gasteiger charge is -2.15. The first-order valence-corrected chi connectivity index (χ1v) is 5.96. The fourth-order valence-electron chi connectivity index (χ4n) is 1.98. The molecular weight excluding hydrogens is 232 g/mol. The van der Waals surface area contributed by atoms with Crippen molar-refractivity contribution < 1.29 is 4.79 Å². The molecule has 1 fully saturated rings. The normalized spacial score (nSPS) is 14.9. The first-order valence-electron chi connectivity index (χ1n) is 5.96. The Kier molecular flexibility index (Phi) is 2.43. The van der Waals surface area contributed by atoms with E-state index >= 15 is 0 Å². The summed E-state index contributed by atoms with van der Waals surface area (Å²) in [5.74, 6) is -0.0667. The Morgan fingerprint density at radius 1 is 1.50 bits per heavy atom. The number of amides is 1. The van der Waals surface area contributed by atoms with E-state index in [1.807, 2.05) is 6.07 Å². The lowest BCUT2D eigenvalue weighted by atomic mass is 10.5. The van der Waals surface area contributed by atoms with Crippen LogP contribution in [-0.2, 0) is 11.3 Å². The van der Waals surface area contributed by atoms with Crippen LogP contribution in [0.1, 0.15) is 12.8 Å². The first kappa shape index (κ1) is 11.0. The summed E-state index contributed by atoms with van der Waals surface area (Å²) < 4.78 is 2.65. The zero-order chi connectivity index (χ0) is 12.7. The molecule has 3 rings (SSSR count). The number of carbonyl (C=O) groups excluding carboxylic acids is 1. The zero-order valence-corrected chi connectivity index (χ0v) is 10.1. The number of hydrogen-bond acceptors (Lipinski definition) is 3. The van der Waals surface area contributed by atoms with Crippen LogP contribution in [0.4, 0.5) is 0 Å². The number of pyridine rings is 1. The van der Waals surface area contributed by atoms with E-state index in [-0.39, 0.29) is 18.1 Å². The van der Waals surface area contributed by atoms with Crippen LogP contribution < -0.4 is 5.69 Å². The highest BCUT2D eigenvalue weighted by molar-refractivity contribution is 5.76. The SMILES string of the molecule is CN(C(=O)Cn1nc2ccccn2c1=O)C1CC1. The Bertz CT molecular complexity index is 653. The molecule has 1 saturated carbocycles. The first-order chi connectivity index (χ1) is 8.66. The van der Waals surface area contributed by atoms with Gasteiger partial charge in [0.05, 0.1) is 0 Å². The zero-order valence-electron chi connectivity index (χ0n) is 10.1. The van der Waals surface area contributed by atoms with Gasteiger partial charge in [0.25, 0.3) is 0 Å². The number of nitrogens with zero attached hydrogens (tertiary/aromatic N) is 4. The summed E-state index contributed by atoms with van der Waals surface area (Å²) >= 11 is 0. The average Bonchev–Trinajstić information content (AvgIpc) is 3.17. The Labute approximate surface area is 103 Å². The van der Waals surface area contributed by atoms with Crippen molar-refractivity contribution in [2.24, 2.45) is 0 Å². The number of fused-ring (bicyclic) bond motifs is 1. The summed E-state index contributed by atoms with van der Waals surface area (Å²) in [7, 11) is 1.78. The molecule has 0 aromatic carbocycles. The molecule has 0 N–H and O–H groups in total. The van der Waals surface area contributed by atoms with Gasteiger partial charge in [0.2, 0.25) is 5.91 Å². The summed E-state index contributed by atoms with van der Waals surface area (Å²) in [5.41, 5.74) is 0.285.